The average molecular weight is 429 g/mol. The summed E-state index contributed by atoms with van der Waals surface area (Å²) in [4.78, 5) is 27.9. The van der Waals surface area contributed by atoms with Crippen molar-refractivity contribution in [1.29, 1.82) is 0 Å². The molecule has 31 heavy (non-hydrogen) atoms. The fourth-order valence-corrected chi connectivity index (χ4v) is 7.53. The Hall–Kier alpha value is -2.00. The highest BCUT2D eigenvalue weighted by molar-refractivity contribution is 5.89. The van der Waals surface area contributed by atoms with E-state index in [4.69, 9.17) is 23.7 Å². The van der Waals surface area contributed by atoms with E-state index in [1.165, 1.54) is 7.11 Å². The second-order valence-corrected chi connectivity index (χ2v) is 9.55. The van der Waals surface area contributed by atoms with E-state index in [1.54, 1.807) is 14.0 Å². The number of fused-ring (bicyclic) bond motifs is 4. The summed E-state index contributed by atoms with van der Waals surface area (Å²) >= 11 is 0. The molecular weight excluding hydrogens is 402 g/mol. The predicted octanol–water partition coefficient (Wildman–Crippen LogP) is 1.88. The van der Waals surface area contributed by atoms with Gasteiger partial charge in [0.15, 0.2) is 23.4 Å². The van der Waals surface area contributed by atoms with E-state index in [0.717, 1.165) is 11.1 Å². The van der Waals surface area contributed by atoms with Gasteiger partial charge in [0.1, 0.15) is 5.78 Å². The Morgan fingerprint density at radius 1 is 1.23 bits per heavy atom. The fourth-order valence-electron chi connectivity index (χ4n) is 7.53. The molecule has 1 unspecified atom stereocenters. The predicted molar refractivity (Wildman–Crippen MR) is 107 cm³/mol. The molecule has 1 saturated carbocycles. The number of benzene rings is 1. The number of ketones is 2. The van der Waals surface area contributed by atoms with E-state index in [1.807, 2.05) is 19.2 Å². The molecule has 6 rings (SSSR count). The molecule has 0 N–H and O–H groups in total. The molecule has 8 nitrogen and oxygen atoms in total. The van der Waals surface area contributed by atoms with Crippen LogP contribution in [0.1, 0.15) is 49.8 Å². The molecule has 3 aliphatic heterocycles. The van der Waals surface area contributed by atoms with Gasteiger partial charge in [0.2, 0.25) is 12.6 Å². The summed E-state index contributed by atoms with van der Waals surface area (Å²) in [6, 6.07) is 3.99. The monoisotopic (exact) mass is 429 g/mol. The van der Waals surface area contributed by atoms with Gasteiger partial charge in [-0.2, -0.15) is 0 Å². The normalized spacial score (nSPS) is 41.9. The van der Waals surface area contributed by atoms with Crippen molar-refractivity contribution in [2.75, 3.05) is 28.1 Å². The van der Waals surface area contributed by atoms with Crippen LogP contribution in [0.5, 0.6) is 11.5 Å². The Labute approximate surface area is 180 Å². The maximum Gasteiger partial charge on any atom is 0.231 e. The molecule has 2 bridgehead atoms. The number of nitrogens with zero attached hydrogens (tertiary/aromatic N) is 1. The van der Waals surface area contributed by atoms with Gasteiger partial charge in [0, 0.05) is 44.9 Å². The number of likely N-dealkylation sites (N-methyl/N-ethyl adjacent to an activating group) is 1. The van der Waals surface area contributed by atoms with E-state index in [9.17, 15) is 9.59 Å². The Bertz CT molecular complexity index is 1010. The maximum atomic E-state index is 13.5. The highest BCUT2D eigenvalue weighted by Crippen LogP contribution is 2.73. The molecule has 1 spiro atoms. The van der Waals surface area contributed by atoms with E-state index < -0.39 is 22.8 Å². The van der Waals surface area contributed by atoms with Crippen LogP contribution in [0.15, 0.2) is 12.1 Å². The molecule has 6 atom stereocenters. The van der Waals surface area contributed by atoms with Crippen molar-refractivity contribution in [3.63, 3.8) is 0 Å². The third kappa shape index (κ3) is 2.01. The van der Waals surface area contributed by atoms with Crippen LogP contribution in [0.4, 0.5) is 0 Å². The molecule has 0 aromatic heterocycles. The number of hydrogen-bond acceptors (Lipinski definition) is 8. The van der Waals surface area contributed by atoms with Gasteiger partial charge in [-0.05, 0) is 43.7 Å². The largest absolute Gasteiger partial charge is 0.454 e. The Kier molecular flexibility index (Phi) is 3.85. The summed E-state index contributed by atoms with van der Waals surface area (Å²) in [5.41, 5.74) is 0.843. The van der Waals surface area contributed by atoms with Crippen molar-refractivity contribution in [3.8, 4) is 11.5 Å². The minimum Gasteiger partial charge on any atom is -0.454 e. The van der Waals surface area contributed by atoms with Crippen LogP contribution in [0.3, 0.4) is 0 Å². The molecule has 2 aliphatic carbocycles. The van der Waals surface area contributed by atoms with Gasteiger partial charge in [-0.15, -0.1) is 0 Å². The number of ether oxygens (including phenoxy) is 5. The van der Waals surface area contributed by atoms with Crippen molar-refractivity contribution in [3.05, 3.63) is 23.3 Å². The smallest absolute Gasteiger partial charge is 0.231 e. The first-order valence-electron chi connectivity index (χ1n) is 10.8. The number of rotatable bonds is 4. The molecule has 1 aromatic carbocycles. The van der Waals surface area contributed by atoms with E-state index in [-0.39, 0.29) is 30.5 Å². The molecule has 3 fully saturated rings. The van der Waals surface area contributed by atoms with Crippen LogP contribution >= 0.6 is 0 Å². The number of methoxy groups -OCH3 is 2. The number of likely N-dealkylation sites (tertiary alicyclic amines) is 1. The summed E-state index contributed by atoms with van der Waals surface area (Å²) < 4.78 is 29.9. The van der Waals surface area contributed by atoms with Crippen molar-refractivity contribution in [2.45, 2.75) is 67.6 Å². The summed E-state index contributed by atoms with van der Waals surface area (Å²) in [5, 5.41) is 0. The van der Waals surface area contributed by atoms with Crippen molar-refractivity contribution in [1.82, 2.24) is 4.90 Å². The highest BCUT2D eigenvalue weighted by Gasteiger charge is 2.83. The second kappa shape index (κ2) is 6.07. The van der Waals surface area contributed by atoms with E-state index in [0.29, 0.717) is 37.2 Å². The molecule has 0 radical (unpaired) electrons. The Morgan fingerprint density at radius 2 is 1.97 bits per heavy atom. The van der Waals surface area contributed by atoms with Gasteiger partial charge in [0.25, 0.3) is 0 Å². The quantitative estimate of drug-likeness (QED) is 0.718. The lowest BCUT2D eigenvalue weighted by atomic mass is 9.51. The molecule has 0 amide bonds. The number of hydrogen-bond donors (Lipinski definition) is 0. The van der Waals surface area contributed by atoms with Crippen molar-refractivity contribution < 1.29 is 33.3 Å². The van der Waals surface area contributed by atoms with Gasteiger partial charge in [0.05, 0.1) is 11.6 Å². The first kappa shape index (κ1) is 19.7. The maximum absolute atomic E-state index is 13.5. The minimum absolute atomic E-state index is 0.0332. The van der Waals surface area contributed by atoms with Crippen molar-refractivity contribution in [2.24, 2.45) is 0 Å². The topological polar surface area (TPSA) is 83.5 Å². The molecule has 5 aliphatic rings. The highest BCUT2D eigenvalue weighted by atomic mass is 16.7. The SMILES string of the molecule is CO[C@@H]1C(=O)C[C@]23C[C@H](CC(C)=O)N(C)[C@@]24CC(O[C@@]14OC)c1cc2c(cc13)OCO2. The van der Waals surface area contributed by atoms with Gasteiger partial charge < -0.3 is 23.7 Å². The van der Waals surface area contributed by atoms with E-state index >= 15 is 0 Å². The number of carbonyl (C=O) groups excluding carboxylic acids is 2. The summed E-state index contributed by atoms with van der Waals surface area (Å²) in [5.74, 6) is 0.197. The lowest BCUT2D eigenvalue weighted by molar-refractivity contribution is -0.310. The molecule has 3 heterocycles. The van der Waals surface area contributed by atoms with Crippen LogP contribution < -0.4 is 9.47 Å². The first-order chi connectivity index (χ1) is 14.8. The zero-order chi connectivity index (χ0) is 21.8. The first-order valence-corrected chi connectivity index (χ1v) is 10.8. The molecule has 2 saturated heterocycles. The summed E-state index contributed by atoms with van der Waals surface area (Å²) in [6.07, 6.45) is 0.918. The van der Waals surface area contributed by atoms with Crippen LogP contribution in [0.25, 0.3) is 0 Å². The third-order valence-corrected chi connectivity index (χ3v) is 8.48. The lowest BCUT2D eigenvalue weighted by Crippen LogP contribution is -2.77. The Morgan fingerprint density at radius 3 is 2.65 bits per heavy atom. The third-order valence-electron chi connectivity index (χ3n) is 8.48. The van der Waals surface area contributed by atoms with Crippen LogP contribution in [0.2, 0.25) is 0 Å². The average Bonchev–Trinajstić information content (AvgIpc) is 3.38. The van der Waals surface area contributed by atoms with Gasteiger partial charge in [-0.25, -0.2) is 0 Å². The molecular formula is C23H27NO7. The number of Topliss-reactive ketones (excluding diaryl/α,β-unsaturated/α-hetero) is 2. The lowest BCUT2D eigenvalue weighted by Gasteiger charge is -2.59. The Balaban J connectivity index is 1.66. The zero-order valence-electron chi connectivity index (χ0n) is 18.2. The standard InChI is InChI=1S/C23H27NO7/c1-12(25)5-13-8-21-9-16(26)20(27-3)23(28-4)22(21,24(13)2)10-19(31-23)14-6-17-18(7-15(14)21)30-11-29-17/h6-7,13,19-20H,5,8-11H2,1-4H3/t13-,19?,20+,21-,22-,23-/m0/s1. The summed E-state index contributed by atoms with van der Waals surface area (Å²) in [6.45, 7) is 1.80. The van der Waals surface area contributed by atoms with Gasteiger partial charge in [-0.1, -0.05) is 0 Å². The van der Waals surface area contributed by atoms with Crippen LogP contribution in [-0.4, -0.2) is 68.0 Å². The van der Waals surface area contributed by atoms with Gasteiger partial charge >= 0.3 is 0 Å². The minimum atomic E-state index is -1.27. The second-order valence-electron chi connectivity index (χ2n) is 9.55. The zero-order valence-corrected chi connectivity index (χ0v) is 18.2. The van der Waals surface area contributed by atoms with Gasteiger partial charge in [-0.3, -0.25) is 14.5 Å². The van der Waals surface area contributed by atoms with E-state index in [2.05, 4.69) is 4.90 Å². The summed E-state index contributed by atoms with van der Waals surface area (Å²) in [7, 11) is 5.16. The molecule has 8 heteroatoms. The van der Waals surface area contributed by atoms with Crippen LogP contribution in [0, 0.1) is 0 Å². The molecule has 166 valence electrons. The number of carbonyl (C=O) groups is 2. The fraction of sp³-hybridized carbons (Fsp3) is 0.652. The van der Waals surface area contributed by atoms with Crippen molar-refractivity contribution >= 4 is 11.6 Å². The molecule has 1 aromatic rings. The van der Waals surface area contributed by atoms with Crippen LogP contribution in [-0.2, 0) is 29.2 Å².